The van der Waals surface area contributed by atoms with E-state index in [4.69, 9.17) is 4.74 Å². The van der Waals surface area contributed by atoms with Gasteiger partial charge >= 0.3 is 0 Å². The zero-order valence-corrected chi connectivity index (χ0v) is 10.8. The van der Waals surface area contributed by atoms with Crippen LogP contribution in [0.3, 0.4) is 0 Å². The molecule has 0 saturated carbocycles. The van der Waals surface area contributed by atoms with Crippen molar-refractivity contribution in [3.63, 3.8) is 0 Å². The molecule has 0 bridgehead atoms. The van der Waals surface area contributed by atoms with Crippen LogP contribution in [-0.4, -0.2) is 12.1 Å². The van der Waals surface area contributed by atoms with Crippen molar-refractivity contribution in [1.29, 1.82) is 0 Å². The summed E-state index contributed by atoms with van der Waals surface area (Å²) in [6, 6.07) is 4.25. The van der Waals surface area contributed by atoms with Crippen LogP contribution in [-0.2, 0) is 0 Å². The Morgan fingerprint density at radius 1 is 1.19 bits per heavy atom. The molecule has 1 aromatic heterocycles. The number of nitrogens with zero attached hydrogens (tertiary/aromatic N) is 1. The average Bonchev–Trinajstić information content (AvgIpc) is 2.63. The van der Waals surface area contributed by atoms with E-state index in [-0.39, 0.29) is 0 Å². The first-order valence-electron chi connectivity index (χ1n) is 5.19. The Balaban J connectivity index is 2.63. The molecule has 0 amide bonds. The van der Waals surface area contributed by atoms with Gasteiger partial charge in [0.25, 0.3) is 0 Å². The van der Waals surface area contributed by atoms with Crippen molar-refractivity contribution in [2.45, 2.75) is 20.8 Å². The fourth-order valence-corrected chi connectivity index (χ4v) is 2.52. The molecular formula is C13H15NOS. The monoisotopic (exact) mass is 233 g/mol. The molecule has 0 atom stereocenters. The minimum Gasteiger partial charge on any atom is -0.496 e. The van der Waals surface area contributed by atoms with Crippen LogP contribution < -0.4 is 4.74 Å². The maximum Gasteiger partial charge on any atom is 0.131 e. The SMILES string of the molecule is COc1c(C)cc(C)cc1-c1csc(C)n1. The number of rotatable bonds is 2. The van der Waals surface area contributed by atoms with Crippen LogP contribution in [0.15, 0.2) is 17.5 Å². The van der Waals surface area contributed by atoms with Crippen LogP contribution in [0, 0.1) is 20.8 Å². The van der Waals surface area contributed by atoms with Crippen molar-refractivity contribution in [2.24, 2.45) is 0 Å². The van der Waals surface area contributed by atoms with Crippen LogP contribution in [0.2, 0.25) is 0 Å². The van der Waals surface area contributed by atoms with Crippen molar-refractivity contribution in [2.75, 3.05) is 7.11 Å². The van der Waals surface area contributed by atoms with Gasteiger partial charge < -0.3 is 4.74 Å². The molecular weight excluding hydrogens is 218 g/mol. The summed E-state index contributed by atoms with van der Waals surface area (Å²) in [6.45, 7) is 6.17. The summed E-state index contributed by atoms with van der Waals surface area (Å²) in [6.07, 6.45) is 0. The van der Waals surface area contributed by atoms with E-state index < -0.39 is 0 Å². The van der Waals surface area contributed by atoms with Gasteiger partial charge in [-0.2, -0.15) is 0 Å². The fourth-order valence-electron chi connectivity index (χ4n) is 1.90. The molecule has 0 unspecified atom stereocenters. The highest BCUT2D eigenvalue weighted by atomic mass is 32.1. The van der Waals surface area contributed by atoms with Gasteiger partial charge in [0.1, 0.15) is 5.75 Å². The Morgan fingerprint density at radius 3 is 2.50 bits per heavy atom. The largest absolute Gasteiger partial charge is 0.496 e. The first-order chi connectivity index (χ1) is 7.61. The summed E-state index contributed by atoms with van der Waals surface area (Å²) in [5.41, 5.74) is 4.48. The van der Waals surface area contributed by atoms with Gasteiger partial charge in [-0.3, -0.25) is 0 Å². The topological polar surface area (TPSA) is 22.1 Å². The quantitative estimate of drug-likeness (QED) is 0.788. The van der Waals surface area contributed by atoms with E-state index in [1.165, 1.54) is 5.56 Å². The lowest BCUT2D eigenvalue weighted by Crippen LogP contribution is -1.93. The summed E-state index contributed by atoms with van der Waals surface area (Å²) in [4.78, 5) is 4.51. The number of hydrogen-bond donors (Lipinski definition) is 0. The highest BCUT2D eigenvalue weighted by Crippen LogP contribution is 2.34. The van der Waals surface area contributed by atoms with E-state index in [0.717, 1.165) is 27.6 Å². The lowest BCUT2D eigenvalue weighted by Gasteiger charge is -2.11. The van der Waals surface area contributed by atoms with E-state index >= 15 is 0 Å². The number of ether oxygens (including phenoxy) is 1. The van der Waals surface area contributed by atoms with Crippen LogP contribution in [0.4, 0.5) is 0 Å². The number of aromatic nitrogens is 1. The number of hydrogen-bond acceptors (Lipinski definition) is 3. The molecule has 0 aliphatic rings. The Labute approximate surface area is 99.9 Å². The van der Waals surface area contributed by atoms with E-state index in [1.54, 1.807) is 18.4 Å². The number of methoxy groups -OCH3 is 1. The maximum absolute atomic E-state index is 5.46. The molecule has 0 aliphatic heterocycles. The minimum absolute atomic E-state index is 0.927. The number of thiazole rings is 1. The smallest absolute Gasteiger partial charge is 0.131 e. The van der Waals surface area contributed by atoms with Crippen molar-refractivity contribution in [3.8, 4) is 17.0 Å². The summed E-state index contributed by atoms with van der Waals surface area (Å²) in [7, 11) is 1.71. The van der Waals surface area contributed by atoms with Crippen LogP contribution in [0.1, 0.15) is 16.1 Å². The molecule has 2 aromatic rings. The van der Waals surface area contributed by atoms with Gasteiger partial charge in [0.2, 0.25) is 0 Å². The van der Waals surface area contributed by atoms with E-state index in [0.29, 0.717) is 0 Å². The molecule has 0 radical (unpaired) electrons. The van der Waals surface area contributed by atoms with Crippen molar-refractivity contribution < 1.29 is 4.74 Å². The van der Waals surface area contributed by atoms with Crippen molar-refractivity contribution >= 4 is 11.3 Å². The third-order valence-corrected chi connectivity index (χ3v) is 3.29. The highest BCUT2D eigenvalue weighted by Gasteiger charge is 2.11. The van der Waals surface area contributed by atoms with E-state index in [9.17, 15) is 0 Å². The Kier molecular flexibility index (Phi) is 2.97. The molecule has 0 aliphatic carbocycles. The van der Waals surface area contributed by atoms with Crippen LogP contribution in [0.25, 0.3) is 11.3 Å². The van der Waals surface area contributed by atoms with Gasteiger partial charge in [0, 0.05) is 10.9 Å². The summed E-state index contributed by atoms with van der Waals surface area (Å²) in [5.74, 6) is 0.927. The van der Waals surface area contributed by atoms with Gasteiger partial charge in [-0.1, -0.05) is 6.07 Å². The first-order valence-corrected chi connectivity index (χ1v) is 6.07. The summed E-state index contributed by atoms with van der Waals surface area (Å²) >= 11 is 1.66. The molecule has 2 rings (SSSR count). The molecule has 0 spiro atoms. The zero-order valence-electron chi connectivity index (χ0n) is 10.00. The molecule has 84 valence electrons. The van der Waals surface area contributed by atoms with Crippen molar-refractivity contribution in [3.05, 3.63) is 33.6 Å². The van der Waals surface area contributed by atoms with Crippen LogP contribution >= 0.6 is 11.3 Å². The normalized spacial score (nSPS) is 10.5. The van der Waals surface area contributed by atoms with Gasteiger partial charge in [-0.25, -0.2) is 4.98 Å². The summed E-state index contributed by atoms with van der Waals surface area (Å²) in [5, 5.41) is 3.16. The minimum atomic E-state index is 0.927. The average molecular weight is 233 g/mol. The lowest BCUT2D eigenvalue weighted by molar-refractivity contribution is 0.413. The van der Waals surface area contributed by atoms with E-state index in [2.05, 4.69) is 36.3 Å². The first kappa shape index (κ1) is 11.1. The third kappa shape index (κ3) is 1.95. The molecule has 0 saturated heterocycles. The van der Waals surface area contributed by atoms with Crippen molar-refractivity contribution in [1.82, 2.24) is 4.98 Å². The second kappa shape index (κ2) is 4.26. The molecule has 3 heteroatoms. The maximum atomic E-state index is 5.46. The second-order valence-electron chi connectivity index (χ2n) is 3.91. The molecule has 16 heavy (non-hydrogen) atoms. The number of benzene rings is 1. The predicted octanol–water partition coefficient (Wildman–Crippen LogP) is 3.74. The van der Waals surface area contributed by atoms with Gasteiger partial charge in [-0.05, 0) is 38.0 Å². The number of aryl methyl sites for hydroxylation is 3. The van der Waals surface area contributed by atoms with Gasteiger partial charge in [0.05, 0.1) is 17.8 Å². The standard InChI is InChI=1S/C13H15NOS/c1-8-5-9(2)13(15-4)11(6-8)12-7-16-10(3)14-12/h5-7H,1-4H3. The molecule has 1 heterocycles. The lowest BCUT2D eigenvalue weighted by atomic mass is 10.0. The molecule has 2 nitrogen and oxygen atoms in total. The Bertz CT molecular complexity index is 517. The van der Waals surface area contributed by atoms with E-state index in [1.807, 2.05) is 6.92 Å². The van der Waals surface area contributed by atoms with Gasteiger partial charge in [0.15, 0.2) is 0 Å². The second-order valence-corrected chi connectivity index (χ2v) is 4.98. The zero-order chi connectivity index (χ0) is 11.7. The van der Waals surface area contributed by atoms with Gasteiger partial charge in [-0.15, -0.1) is 11.3 Å². The van der Waals surface area contributed by atoms with Crippen LogP contribution in [0.5, 0.6) is 5.75 Å². The Hall–Kier alpha value is -1.35. The molecule has 1 aromatic carbocycles. The molecule has 0 N–H and O–H groups in total. The summed E-state index contributed by atoms with van der Waals surface area (Å²) < 4.78 is 5.46. The Morgan fingerprint density at radius 2 is 1.94 bits per heavy atom. The molecule has 0 fully saturated rings. The predicted molar refractivity (Wildman–Crippen MR) is 68.3 cm³/mol. The fraction of sp³-hybridized carbons (Fsp3) is 0.308. The third-order valence-electron chi connectivity index (χ3n) is 2.52. The highest BCUT2D eigenvalue weighted by molar-refractivity contribution is 7.09.